The molecule has 0 fully saturated rings. The van der Waals surface area contributed by atoms with Crippen molar-refractivity contribution >= 4 is 22.6 Å². The standard InChI is InChI=1S/C18H22N2O3/c1-12(2)19-18(22)13(3)23-20-17(21)11-14-8-9-15-6-4-5-7-16(15)10-14/h4-10,12-13H,11H2,1-3H3,(H,19,22)(H,20,21)/t13-/m0/s1. The lowest BCUT2D eigenvalue weighted by Crippen LogP contribution is -2.42. The van der Waals surface area contributed by atoms with Crippen LogP contribution in [0.1, 0.15) is 26.3 Å². The van der Waals surface area contributed by atoms with Gasteiger partial charge in [-0.3, -0.25) is 14.4 Å². The van der Waals surface area contributed by atoms with E-state index in [9.17, 15) is 9.59 Å². The first kappa shape index (κ1) is 17.0. The van der Waals surface area contributed by atoms with Crippen molar-refractivity contribution in [3.8, 4) is 0 Å². The van der Waals surface area contributed by atoms with Gasteiger partial charge >= 0.3 is 0 Å². The second kappa shape index (κ2) is 7.74. The lowest BCUT2D eigenvalue weighted by molar-refractivity contribution is -0.146. The Hall–Kier alpha value is -2.40. The summed E-state index contributed by atoms with van der Waals surface area (Å²) in [6.07, 6.45) is -0.540. The van der Waals surface area contributed by atoms with Crippen LogP contribution in [0.5, 0.6) is 0 Å². The molecule has 23 heavy (non-hydrogen) atoms. The molecule has 2 amide bonds. The number of amides is 2. The summed E-state index contributed by atoms with van der Waals surface area (Å²) in [5.41, 5.74) is 3.23. The summed E-state index contributed by atoms with van der Waals surface area (Å²) in [7, 11) is 0. The average molecular weight is 314 g/mol. The monoisotopic (exact) mass is 314 g/mol. The Morgan fingerprint density at radius 1 is 1.04 bits per heavy atom. The van der Waals surface area contributed by atoms with Crippen LogP contribution >= 0.6 is 0 Å². The van der Waals surface area contributed by atoms with E-state index in [-0.39, 0.29) is 24.3 Å². The fraction of sp³-hybridized carbons (Fsp3) is 0.333. The van der Waals surface area contributed by atoms with Gasteiger partial charge in [0, 0.05) is 6.04 Å². The second-order valence-electron chi connectivity index (χ2n) is 5.81. The average Bonchev–Trinajstić information content (AvgIpc) is 2.51. The van der Waals surface area contributed by atoms with Crippen LogP contribution in [0.15, 0.2) is 42.5 Å². The number of hydrogen-bond donors (Lipinski definition) is 2. The van der Waals surface area contributed by atoms with Crippen LogP contribution in [0.2, 0.25) is 0 Å². The molecule has 0 radical (unpaired) electrons. The molecule has 2 N–H and O–H groups in total. The topological polar surface area (TPSA) is 67.4 Å². The molecule has 5 heteroatoms. The molecule has 2 rings (SSSR count). The molecule has 2 aromatic rings. The molecule has 0 saturated heterocycles. The molecule has 0 bridgehead atoms. The van der Waals surface area contributed by atoms with Gasteiger partial charge in [0.25, 0.3) is 5.91 Å². The predicted octanol–water partition coefficient (Wildman–Crippen LogP) is 2.34. The zero-order chi connectivity index (χ0) is 16.8. The predicted molar refractivity (Wildman–Crippen MR) is 89.6 cm³/mol. The lowest BCUT2D eigenvalue weighted by Gasteiger charge is -2.15. The number of carbonyl (C=O) groups is 2. The Balaban J connectivity index is 1.87. The van der Waals surface area contributed by atoms with Gasteiger partial charge in [0.2, 0.25) is 5.91 Å². The molecule has 122 valence electrons. The van der Waals surface area contributed by atoms with Gasteiger partial charge in [-0.15, -0.1) is 0 Å². The maximum Gasteiger partial charge on any atom is 0.251 e. The molecule has 0 spiro atoms. The first-order valence-corrected chi connectivity index (χ1v) is 7.68. The summed E-state index contributed by atoms with van der Waals surface area (Å²) in [5, 5.41) is 4.94. The van der Waals surface area contributed by atoms with Crippen molar-refractivity contribution in [2.45, 2.75) is 39.3 Å². The highest BCUT2D eigenvalue weighted by Crippen LogP contribution is 2.15. The van der Waals surface area contributed by atoms with E-state index in [0.717, 1.165) is 16.3 Å². The van der Waals surface area contributed by atoms with E-state index in [1.54, 1.807) is 6.92 Å². The molecule has 0 saturated carbocycles. The Morgan fingerprint density at radius 3 is 2.43 bits per heavy atom. The molecule has 0 unspecified atom stereocenters. The SMILES string of the molecule is CC(C)NC(=O)[C@H](C)ONC(=O)Cc1ccc2ccccc2c1. The van der Waals surface area contributed by atoms with Crippen molar-refractivity contribution < 1.29 is 14.4 Å². The molecule has 0 heterocycles. The fourth-order valence-corrected chi connectivity index (χ4v) is 2.18. The zero-order valence-corrected chi connectivity index (χ0v) is 13.6. The van der Waals surface area contributed by atoms with Crippen LogP contribution < -0.4 is 10.8 Å². The third-order valence-corrected chi connectivity index (χ3v) is 3.33. The van der Waals surface area contributed by atoms with E-state index in [2.05, 4.69) is 10.8 Å². The summed E-state index contributed by atoms with van der Waals surface area (Å²) in [6.45, 7) is 5.32. The summed E-state index contributed by atoms with van der Waals surface area (Å²) in [6, 6.07) is 13.9. The molecule has 0 aliphatic heterocycles. The Bertz CT molecular complexity index is 697. The van der Waals surface area contributed by atoms with Crippen molar-refractivity contribution in [3.63, 3.8) is 0 Å². The van der Waals surface area contributed by atoms with Crippen LogP contribution in [0.25, 0.3) is 10.8 Å². The number of hydroxylamine groups is 1. The maximum atomic E-state index is 11.9. The molecular formula is C18H22N2O3. The van der Waals surface area contributed by atoms with Crippen molar-refractivity contribution in [2.24, 2.45) is 0 Å². The van der Waals surface area contributed by atoms with E-state index < -0.39 is 6.10 Å². The lowest BCUT2D eigenvalue weighted by atomic mass is 10.1. The maximum absolute atomic E-state index is 11.9. The van der Waals surface area contributed by atoms with Crippen LogP contribution in [0.4, 0.5) is 0 Å². The molecule has 5 nitrogen and oxygen atoms in total. The smallest absolute Gasteiger partial charge is 0.251 e. The molecule has 0 aliphatic carbocycles. The normalized spacial score (nSPS) is 12.2. The van der Waals surface area contributed by atoms with Crippen LogP contribution in [0, 0.1) is 0 Å². The van der Waals surface area contributed by atoms with Gasteiger partial charge in [0.05, 0.1) is 6.42 Å². The van der Waals surface area contributed by atoms with Crippen molar-refractivity contribution in [2.75, 3.05) is 0 Å². The van der Waals surface area contributed by atoms with E-state index in [4.69, 9.17) is 4.84 Å². The minimum absolute atomic E-state index is 0.0295. The van der Waals surface area contributed by atoms with E-state index in [0.29, 0.717) is 0 Å². The quantitative estimate of drug-likeness (QED) is 0.804. The number of nitrogens with one attached hydrogen (secondary N) is 2. The third kappa shape index (κ3) is 5.07. The largest absolute Gasteiger partial charge is 0.352 e. The highest BCUT2D eigenvalue weighted by Gasteiger charge is 2.15. The third-order valence-electron chi connectivity index (χ3n) is 3.33. The van der Waals surface area contributed by atoms with Crippen LogP contribution in [-0.4, -0.2) is 24.0 Å². The van der Waals surface area contributed by atoms with E-state index in [1.807, 2.05) is 56.3 Å². The second-order valence-corrected chi connectivity index (χ2v) is 5.81. The molecular weight excluding hydrogens is 292 g/mol. The van der Waals surface area contributed by atoms with Gasteiger partial charge < -0.3 is 5.32 Å². The number of benzene rings is 2. The molecule has 2 aromatic carbocycles. The van der Waals surface area contributed by atoms with Gasteiger partial charge in [-0.05, 0) is 37.1 Å². The number of hydrogen-bond acceptors (Lipinski definition) is 3. The van der Waals surface area contributed by atoms with Crippen molar-refractivity contribution in [1.29, 1.82) is 0 Å². The number of carbonyl (C=O) groups excluding carboxylic acids is 2. The van der Waals surface area contributed by atoms with Crippen molar-refractivity contribution in [1.82, 2.24) is 10.8 Å². The Kier molecular flexibility index (Phi) is 5.71. The van der Waals surface area contributed by atoms with Gasteiger partial charge in [0.1, 0.15) is 0 Å². The molecule has 1 atom stereocenters. The first-order valence-electron chi connectivity index (χ1n) is 7.68. The number of rotatable bonds is 6. The Morgan fingerprint density at radius 2 is 1.74 bits per heavy atom. The van der Waals surface area contributed by atoms with E-state index >= 15 is 0 Å². The van der Waals surface area contributed by atoms with Gasteiger partial charge in [-0.2, -0.15) is 0 Å². The fourth-order valence-electron chi connectivity index (χ4n) is 2.18. The zero-order valence-electron chi connectivity index (χ0n) is 13.6. The van der Waals surface area contributed by atoms with Gasteiger partial charge in [0.15, 0.2) is 6.10 Å². The summed E-state index contributed by atoms with van der Waals surface area (Å²) in [4.78, 5) is 28.7. The molecule has 0 aromatic heterocycles. The minimum atomic E-state index is -0.738. The van der Waals surface area contributed by atoms with Crippen molar-refractivity contribution in [3.05, 3.63) is 48.0 Å². The number of fused-ring (bicyclic) bond motifs is 1. The highest BCUT2D eigenvalue weighted by molar-refractivity contribution is 5.85. The minimum Gasteiger partial charge on any atom is -0.352 e. The summed E-state index contributed by atoms with van der Waals surface area (Å²) < 4.78 is 0. The van der Waals surface area contributed by atoms with E-state index in [1.165, 1.54) is 0 Å². The first-order chi connectivity index (χ1) is 11.0. The summed E-state index contributed by atoms with van der Waals surface area (Å²) in [5.74, 6) is -0.546. The summed E-state index contributed by atoms with van der Waals surface area (Å²) >= 11 is 0. The Labute approximate surface area is 136 Å². The highest BCUT2D eigenvalue weighted by atomic mass is 16.7. The van der Waals surface area contributed by atoms with Crippen LogP contribution in [0.3, 0.4) is 0 Å². The van der Waals surface area contributed by atoms with Gasteiger partial charge in [-0.25, -0.2) is 5.48 Å². The van der Waals surface area contributed by atoms with Gasteiger partial charge in [-0.1, -0.05) is 42.5 Å². The van der Waals surface area contributed by atoms with Crippen LogP contribution in [-0.2, 0) is 20.8 Å². The molecule has 0 aliphatic rings.